The molecule has 0 heterocycles. The molecule has 0 aliphatic heterocycles. The predicted octanol–water partition coefficient (Wildman–Crippen LogP) is 1.69. The normalized spacial score (nSPS) is 13.8. The molecular weight excluding hydrogens is 237 g/mol. The highest BCUT2D eigenvalue weighted by Gasteiger charge is 2.28. The third-order valence-electron chi connectivity index (χ3n) is 2.54. The topological polar surface area (TPSA) is 49.8 Å². The van der Waals surface area contributed by atoms with Gasteiger partial charge < -0.3 is 14.7 Å². The minimum Gasteiger partial charge on any atom is -0.464 e. The maximum absolute atomic E-state index is 13.6. The fourth-order valence-corrected chi connectivity index (χ4v) is 1.49. The van der Waals surface area contributed by atoms with E-state index >= 15 is 0 Å². The quantitative estimate of drug-likeness (QED) is 0.813. The summed E-state index contributed by atoms with van der Waals surface area (Å²) in [6.07, 6.45) is -3.56. The molecule has 1 rings (SSSR count). The Morgan fingerprint density at radius 2 is 1.94 bits per heavy atom. The highest BCUT2D eigenvalue weighted by molar-refractivity contribution is 5.75. The lowest BCUT2D eigenvalue weighted by molar-refractivity contribution is -0.153. The Bertz CT molecular complexity index is 392. The van der Waals surface area contributed by atoms with E-state index in [1.54, 1.807) is 31.2 Å². The van der Waals surface area contributed by atoms with Crippen molar-refractivity contribution in [3.63, 3.8) is 0 Å². The number of nitrogens with zero attached hydrogens (tertiary/aromatic N) is 1. The molecule has 0 aromatic heterocycles. The number of carbonyl (C=O) groups is 1. The zero-order valence-corrected chi connectivity index (χ0v) is 10.8. The number of hydrogen-bond acceptors (Lipinski definition) is 4. The van der Waals surface area contributed by atoms with Crippen LogP contribution in [0.3, 0.4) is 0 Å². The molecule has 0 amide bonds. The van der Waals surface area contributed by atoms with E-state index in [-0.39, 0.29) is 6.61 Å². The summed E-state index contributed by atoms with van der Waals surface area (Å²) in [5, 5.41) is 9.73. The number of aliphatic hydroxyl groups excluding tert-OH is 1. The zero-order chi connectivity index (χ0) is 13.7. The van der Waals surface area contributed by atoms with E-state index in [0.29, 0.717) is 5.56 Å². The molecule has 1 N–H and O–H groups in total. The fourth-order valence-electron chi connectivity index (χ4n) is 1.49. The Kier molecular flexibility index (Phi) is 5.09. The Morgan fingerprint density at radius 1 is 1.39 bits per heavy atom. The first kappa shape index (κ1) is 14.4. The lowest BCUT2D eigenvalue weighted by Gasteiger charge is -2.17. The molecule has 0 aliphatic carbocycles. The van der Waals surface area contributed by atoms with Crippen molar-refractivity contribution < 1.29 is 19.0 Å². The summed E-state index contributed by atoms with van der Waals surface area (Å²) in [6, 6.07) is 6.67. The van der Waals surface area contributed by atoms with Crippen LogP contribution in [-0.2, 0) is 9.53 Å². The van der Waals surface area contributed by atoms with Crippen molar-refractivity contribution in [2.45, 2.75) is 19.2 Å². The van der Waals surface area contributed by atoms with Gasteiger partial charge in [0.1, 0.15) is 6.10 Å². The molecule has 1 aromatic rings. The number of carbonyl (C=O) groups excluding carboxylic acids is 1. The molecule has 1 aromatic carbocycles. The molecule has 0 fully saturated rings. The van der Waals surface area contributed by atoms with Gasteiger partial charge in [-0.05, 0) is 24.6 Å². The van der Waals surface area contributed by atoms with Gasteiger partial charge in [-0.2, -0.15) is 0 Å². The second kappa shape index (κ2) is 6.35. The van der Waals surface area contributed by atoms with Gasteiger partial charge in [0.15, 0.2) is 0 Å². The lowest BCUT2D eigenvalue weighted by atomic mass is 10.0. The van der Waals surface area contributed by atoms with Gasteiger partial charge in [-0.25, -0.2) is 9.18 Å². The molecule has 100 valence electrons. The van der Waals surface area contributed by atoms with Crippen molar-refractivity contribution in [2.75, 3.05) is 25.6 Å². The van der Waals surface area contributed by atoms with Crippen LogP contribution in [0, 0.1) is 0 Å². The standard InChI is InChI=1S/C13H18FNO3/c1-4-18-13(17)11(14)12(16)9-5-7-10(8-6-9)15(2)3/h5-8,11-12,16H,4H2,1-3H3/t11-,12+/m0/s1. The number of halogens is 1. The van der Waals surface area contributed by atoms with E-state index < -0.39 is 18.2 Å². The van der Waals surface area contributed by atoms with Crippen LogP contribution in [0.15, 0.2) is 24.3 Å². The summed E-state index contributed by atoms with van der Waals surface area (Å²) in [7, 11) is 3.75. The molecule has 0 aliphatic rings. The van der Waals surface area contributed by atoms with Crippen LogP contribution in [0.1, 0.15) is 18.6 Å². The largest absolute Gasteiger partial charge is 0.464 e. The zero-order valence-electron chi connectivity index (χ0n) is 10.8. The van der Waals surface area contributed by atoms with Gasteiger partial charge in [-0.1, -0.05) is 12.1 Å². The van der Waals surface area contributed by atoms with E-state index in [1.807, 2.05) is 19.0 Å². The number of ether oxygens (including phenoxy) is 1. The van der Waals surface area contributed by atoms with Gasteiger partial charge in [0.25, 0.3) is 0 Å². The summed E-state index contributed by atoms with van der Waals surface area (Å²) < 4.78 is 18.1. The molecule has 18 heavy (non-hydrogen) atoms. The van der Waals surface area contributed by atoms with Gasteiger partial charge in [0.05, 0.1) is 6.61 Å². The second-order valence-electron chi connectivity index (χ2n) is 4.08. The van der Waals surface area contributed by atoms with Gasteiger partial charge in [-0.3, -0.25) is 0 Å². The van der Waals surface area contributed by atoms with E-state index in [0.717, 1.165) is 5.69 Å². The third-order valence-corrected chi connectivity index (χ3v) is 2.54. The summed E-state index contributed by atoms with van der Waals surface area (Å²) in [4.78, 5) is 13.1. The Labute approximate surface area is 106 Å². The van der Waals surface area contributed by atoms with Crippen molar-refractivity contribution in [1.29, 1.82) is 0 Å². The Hall–Kier alpha value is -1.62. The van der Waals surface area contributed by atoms with Crippen molar-refractivity contribution in [1.82, 2.24) is 0 Å². The Balaban J connectivity index is 2.77. The fraction of sp³-hybridized carbons (Fsp3) is 0.462. The van der Waals surface area contributed by atoms with Crippen molar-refractivity contribution in [2.24, 2.45) is 0 Å². The minimum absolute atomic E-state index is 0.0888. The molecule has 5 heteroatoms. The molecule has 0 radical (unpaired) electrons. The van der Waals surface area contributed by atoms with E-state index in [2.05, 4.69) is 4.74 Å². The van der Waals surface area contributed by atoms with Crippen LogP contribution >= 0.6 is 0 Å². The summed E-state index contributed by atoms with van der Waals surface area (Å²) in [6.45, 7) is 1.68. The number of hydrogen-bond donors (Lipinski definition) is 1. The van der Waals surface area contributed by atoms with Crippen LogP contribution < -0.4 is 4.90 Å². The predicted molar refractivity (Wildman–Crippen MR) is 67.3 cm³/mol. The first-order valence-electron chi connectivity index (χ1n) is 5.73. The molecule has 0 bridgehead atoms. The first-order chi connectivity index (χ1) is 8.47. The number of alkyl halides is 1. The molecular formula is C13H18FNO3. The number of rotatable bonds is 5. The van der Waals surface area contributed by atoms with Gasteiger partial charge in [-0.15, -0.1) is 0 Å². The second-order valence-corrected chi connectivity index (χ2v) is 4.08. The van der Waals surface area contributed by atoms with Crippen LogP contribution in [-0.4, -0.2) is 37.9 Å². The summed E-state index contributed by atoms with van der Waals surface area (Å²) in [5.41, 5.74) is 1.28. The van der Waals surface area contributed by atoms with Crippen LogP contribution in [0.5, 0.6) is 0 Å². The lowest BCUT2D eigenvalue weighted by Crippen LogP contribution is -2.26. The first-order valence-corrected chi connectivity index (χ1v) is 5.73. The van der Waals surface area contributed by atoms with Gasteiger partial charge in [0.2, 0.25) is 6.17 Å². The Morgan fingerprint density at radius 3 is 2.39 bits per heavy atom. The van der Waals surface area contributed by atoms with Crippen LogP contribution in [0.4, 0.5) is 10.1 Å². The maximum Gasteiger partial charge on any atom is 0.343 e. The molecule has 0 saturated carbocycles. The molecule has 4 nitrogen and oxygen atoms in total. The average Bonchev–Trinajstić information content (AvgIpc) is 2.37. The highest BCUT2D eigenvalue weighted by atomic mass is 19.1. The molecule has 0 spiro atoms. The summed E-state index contributed by atoms with van der Waals surface area (Å²) in [5.74, 6) is -1.04. The smallest absolute Gasteiger partial charge is 0.343 e. The highest BCUT2D eigenvalue weighted by Crippen LogP contribution is 2.22. The van der Waals surface area contributed by atoms with E-state index in [9.17, 15) is 14.3 Å². The van der Waals surface area contributed by atoms with Crippen molar-refractivity contribution in [3.8, 4) is 0 Å². The van der Waals surface area contributed by atoms with Crippen LogP contribution in [0.2, 0.25) is 0 Å². The van der Waals surface area contributed by atoms with Crippen molar-refractivity contribution >= 4 is 11.7 Å². The van der Waals surface area contributed by atoms with E-state index in [1.165, 1.54) is 0 Å². The maximum atomic E-state index is 13.6. The number of benzene rings is 1. The monoisotopic (exact) mass is 255 g/mol. The average molecular weight is 255 g/mol. The van der Waals surface area contributed by atoms with Gasteiger partial charge in [0, 0.05) is 19.8 Å². The van der Waals surface area contributed by atoms with Crippen molar-refractivity contribution in [3.05, 3.63) is 29.8 Å². The third kappa shape index (κ3) is 3.43. The van der Waals surface area contributed by atoms with Crippen LogP contribution in [0.25, 0.3) is 0 Å². The SMILES string of the molecule is CCOC(=O)[C@@H](F)[C@H](O)c1ccc(N(C)C)cc1. The molecule has 2 atom stereocenters. The number of aliphatic hydroxyl groups is 1. The summed E-state index contributed by atoms with van der Waals surface area (Å²) >= 11 is 0. The molecule has 0 unspecified atom stereocenters. The molecule has 0 saturated heterocycles. The number of anilines is 1. The number of esters is 1. The minimum atomic E-state index is -2.06. The van der Waals surface area contributed by atoms with Gasteiger partial charge >= 0.3 is 5.97 Å². The van der Waals surface area contributed by atoms with E-state index in [4.69, 9.17) is 0 Å².